The fourth-order valence-corrected chi connectivity index (χ4v) is 4.20. The van der Waals surface area contributed by atoms with E-state index in [1.54, 1.807) is 24.3 Å². The summed E-state index contributed by atoms with van der Waals surface area (Å²) in [5.74, 6) is -1.14. The first-order valence-electron chi connectivity index (χ1n) is 10.3. The van der Waals surface area contributed by atoms with Crippen molar-refractivity contribution < 1.29 is 9.59 Å². The molecular weight excluding hydrogens is 394 g/mol. The molecule has 156 valence electrons. The van der Waals surface area contributed by atoms with Crippen LogP contribution in [0.15, 0.2) is 59.4 Å². The molecule has 0 radical (unpaired) electrons. The largest absolute Gasteiger partial charge is 0.322 e. The number of fused-ring (bicyclic) bond motifs is 1. The predicted octanol–water partition coefficient (Wildman–Crippen LogP) is 3.04. The molecule has 3 heterocycles. The SMILES string of the molecule is CCCc1[nH]n(-c2nc3ccccc3[nH]2)c(=O)c1[C@H]1CC(=O)N(c2ccccc2)C1=O. The number of H-pyrrole nitrogens is 2. The van der Waals surface area contributed by atoms with Gasteiger partial charge < -0.3 is 4.98 Å². The number of aromatic nitrogens is 4. The van der Waals surface area contributed by atoms with Crippen molar-refractivity contribution in [3.05, 3.63) is 76.2 Å². The molecule has 1 atom stereocenters. The maximum atomic E-state index is 13.4. The second kappa shape index (κ2) is 7.39. The standard InChI is InChI=1S/C23H21N5O3/c1-2-8-18-20(15-13-19(29)27(21(15)30)14-9-4-3-5-10-14)22(31)28(26-18)23-24-16-11-6-7-12-17(16)25-23/h3-7,9-12,15,26H,2,8,13H2,1H3,(H,24,25)/t15-/m1/s1. The van der Waals surface area contributed by atoms with E-state index in [0.29, 0.717) is 29.3 Å². The van der Waals surface area contributed by atoms with Crippen LogP contribution in [-0.2, 0) is 16.0 Å². The summed E-state index contributed by atoms with van der Waals surface area (Å²) in [6.07, 6.45) is 1.34. The number of benzene rings is 2. The van der Waals surface area contributed by atoms with Crippen LogP contribution >= 0.6 is 0 Å². The first-order valence-corrected chi connectivity index (χ1v) is 10.3. The fourth-order valence-electron chi connectivity index (χ4n) is 4.20. The predicted molar refractivity (Wildman–Crippen MR) is 116 cm³/mol. The van der Waals surface area contributed by atoms with E-state index >= 15 is 0 Å². The van der Waals surface area contributed by atoms with E-state index in [1.807, 2.05) is 37.3 Å². The van der Waals surface area contributed by atoms with Crippen LogP contribution in [0.4, 0.5) is 5.69 Å². The van der Waals surface area contributed by atoms with Crippen LogP contribution < -0.4 is 10.5 Å². The number of carbonyl (C=O) groups is 2. The molecule has 1 aliphatic heterocycles. The monoisotopic (exact) mass is 415 g/mol. The summed E-state index contributed by atoms with van der Waals surface area (Å²) in [6.45, 7) is 2.00. The van der Waals surface area contributed by atoms with Crippen molar-refractivity contribution in [2.24, 2.45) is 0 Å². The van der Waals surface area contributed by atoms with Gasteiger partial charge in [-0.3, -0.25) is 24.4 Å². The lowest BCUT2D eigenvalue weighted by Crippen LogP contribution is -2.31. The Labute approximate surface area is 177 Å². The van der Waals surface area contributed by atoms with Crippen molar-refractivity contribution in [2.45, 2.75) is 32.1 Å². The topological polar surface area (TPSA) is 104 Å². The van der Waals surface area contributed by atoms with Gasteiger partial charge in [-0.1, -0.05) is 43.7 Å². The minimum Gasteiger partial charge on any atom is -0.322 e. The van der Waals surface area contributed by atoms with Crippen molar-refractivity contribution >= 4 is 28.5 Å². The number of anilines is 1. The summed E-state index contributed by atoms with van der Waals surface area (Å²) in [5, 5.41) is 3.12. The highest BCUT2D eigenvalue weighted by Gasteiger charge is 2.43. The summed E-state index contributed by atoms with van der Waals surface area (Å²) in [6, 6.07) is 16.3. The van der Waals surface area contributed by atoms with Crippen LogP contribution in [0.2, 0.25) is 0 Å². The lowest BCUT2D eigenvalue weighted by atomic mass is 9.96. The van der Waals surface area contributed by atoms with E-state index < -0.39 is 5.92 Å². The first-order chi connectivity index (χ1) is 15.1. The summed E-state index contributed by atoms with van der Waals surface area (Å²) in [7, 11) is 0. The molecule has 2 N–H and O–H groups in total. The lowest BCUT2D eigenvalue weighted by molar-refractivity contribution is -0.121. The molecule has 8 heteroatoms. The highest BCUT2D eigenvalue weighted by molar-refractivity contribution is 6.22. The molecule has 1 aliphatic rings. The first kappa shape index (κ1) is 19.0. The van der Waals surface area contributed by atoms with Crippen molar-refractivity contribution in [1.29, 1.82) is 0 Å². The molecule has 0 bridgehead atoms. The quantitative estimate of drug-likeness (QED) is 0.489. The van der Waals surface area contributed by atoms with Crippen molar-refractivity contribution in [2.75, 3.05) is 4.90 Å². The number of nitrogens with one attached hydrogen (secondary N) is 2. The smallest absolute Gasteiger partial charge is 0.278 e. The van der Waals surface area contributed by atoms with Gasteiger partial charge in [-0.25, -0.2) is 4.98 Å². The Morgan fingerprint density at radius 2 is 1.77 bits per heavy atom. The average molecular weight is 415 g/mol. The summed E-state index contributed by atoms with van der Waals surface area (Å²) in [4.78, 5) is 48.2. The van der Waals surface area contributed by atoms with Crippen LogP contribution in [0.5, 0.6) is 0 Å². The zero-order chi connectivity index (χ0) is 21.5. The van der Waals surface area contributed by atoms with Crippen molar-refractivity contribution in [1.82, 2.24) is 19.7 Å². The molecule has 2 aromatic carbocycles. The fraction of sp³-hybridized carbons (Fsp3) is 0.217. The van der Waals surface area contributed by atoms with Gasteiger partial charge in [0.25, 0.3) is 5.56 Å². The number of amides is 2. The number of carbonyl (C=O) groups excluding carboxylic acids is 2. The second-order valence-corrected chi connectivity index (χ2v) is 7.63. The van der Waals surface area contributed by atoms with E-state index in [9.17, 15) is 14.4 Å². The molecular formula is C23H21N5O3. The second-order valence-electron chi connectivity index (χ2n) is 7.63. The molecule has 2 amide bonds. The van der Waals surface area contributed by atoms with E-state index in [-0.39, 0.29) is 23.8 Å². The third kappa shape index (κ3) is 3.07. The molecule has 8 nitrogen and oxygen atoms in total. The van der Waals surface area contributed by atoms with Crippen molar-refractivity contribution in [3.63, 3.8) is 0 Å². The highest BCUT2D eigenvalue weighted by Crippen LogP contribution is 2.33. The van der Waals surface area contributed by atoms with Gasteiger partial charge in [-0.2, -0.15) is 4.68 Å². The van der Waals surface area contributed by atoms with E-state index in [2.05, 4.69) is 15.1 Å². The summed E-state index contributed by atoms with van der Waals surface area (Å²) in [5.41, 5.74) is 2.71. The van der Waals surface area contributed by atoms with Gasteiger partial charge in [0.15, 0.2) is 0 Å². The Morgan fingerprint density at radius 3 is 2.52 bits per heavy atom. The third-order valence-electron chi connectivity index (χ3n) is 5.60. The molecule has 0 unspecified atom stereocenters. The van der Waals surface area contributed by atoms with Crippen LogP contribution in [0, 0.1) is 0 Å². The number of aryl methyl sites for hydroxylation is 1. The Hall–Kier alpha value is -3.94. The number of rotatable bonds is 5. The van der Waals surface area contributed by atoms with Gasteiger partial charge in [-0.15, -0.1) is 0 Å². The molecule has 5 rings (SSSR count). The average Bonchev–Trinajstić information content (AvgIpc) is 3.42. The molecule has 2 aromatic heterocycles. The number of imide groups is 1. The number of imidazole rings is 1. The van der Waals surface area contributed by atoms with E-state index in [1.165, 1.54) is 9.58 Å². The molecule has 1 saturated heterocycles. The Morgan fingerprint density at radius 1 is 1.03 bits per heavy atom. The summed E-state index contributed by atoms with van der Waals surface area (Å²) < 4.78 is 1.34. The minimum atomic E-state index is -0.816. The van der Waals surface area contributed by atoms with Crippen LogP contribution in [0.1, 0.15) is 36.9 Å². The number of aromatic amines is 2. The maximum absolute atomic E-state index is 13.4. The van der Waals surface area contributed by atoms with Crippen LogP contribution in [0.3, 0.4) is 0 Å². The van der Waals surface area contributed by atoms with Gasteiger partial charge >= 0.3 is 0 Å². The van der Waals surface area contributed by atoms with Crippen LogP contribution in [-0.4, -0.2) is 31.6 Å². The van der Waals surface area contributed by atoms with Gasteiger partial charge in [0.1, 0.15) is 0 Å². The zero-order valence-electron chi connectivity index (χ0n) is 17.0. The normalized spacial score (nSPS) is 16.5. The number of nitrogens with zero attached hydrogens (tertiary/aromatic N) is 3. The number of hydrogen-bond acceptors (Lipinski definition) is 4. The van der Waals surface area contributed by atoms with Gasteiger partial charge in [0, 0.05) is 12.1 Å². The number of hydrogen-bond donors (Lipinski definition) is 2. The molecule has 0 saturated carbocycles. The molecule has 1 fully saturated rings. The number of para-hydroxylation sites is 3. The van der Waals surface area contributed by atoms with Gasteiger partial charge in [0.2, 0.25) is 17.8 Å². The third-order valence-corrected chi connectivity index (χ3v) is 5.60. The minimum absolute atomic E-state index is 0.0301. The van der Waals surface area contributed by atoms with Crippen molar-refractivity contribution in [3.8, 4) is 5.95 Å². The van der Waals surface area contributed by atoms with E-state index in [0.717, 1.165) is 17.5 Å². The molecule has 31 heavy (non-hydrogen) atoms. The Bertz CT molecular complexity index is 1320. The Kier molecular flexibility index (Phi) is 4.54. The molecule has 0 aliphatic carbocycles. The van der Waals surface area contributed by atoms with E-state index in [4.69, 9.17) is 0 Å². The molecule has 4 aromatic rings. The van der Waals surface area contributed by atoms with Gasteiger partial charge in [0.05, 0.1) is 28.2 Å². The summed E-state index contributed by atoms with van der Waals surface area (Å²) >= 11 is 0. The zero-order valence-corrected chi connectivity index (χ0v) is 17.0. The van der Waals surface area contributed by atoms with Crippen LogP contribution in [0.25, 0.3) is 17.0 Å². The Balaban J connectivity index is 1.60. The lowest BCUT2D eigenvalue weighted by Gasteiger charge is -2.14. The highest BCUT2D eigenvalue weighted by atomic mass is 16.2. The maximum Gasteiger partial charge on any atom is 0.278 e. The molecule has 0 spiro atoms. The van der Waals surface area contributed by atoms with Gasteiger partial charge in [-0.05, 0) is 30.7 Å².